The van der Waals surface area contributed by atoms with Gasteiger partial charge in [-0.2, -0.15) is 9.97 Å². The van der Waals surface area contributed by atoms with Gasteiger partial charge in [0.2, 0.25) is 5.95 Å². The van der Waals surface area contributed by atoms with Gasteiger partial charge in [0.25, 0.3) is 0 Å². The Balaban J connectivity index is 1.50. The molecule has 0 amide bonds. The monoisotopic (exact) mass is 425 g/mol. The summed E-state index contributed by atoms with van der Waals surface area (Å²) in [6.45, 7) is 9.41. The highest BCUT2D eigenvalue weighted by molar-refractivity contribution is 7.80. The van der Waals surface area contributed by atoms with Crippen LogP contribution in [0.1, 0.15) is 38.7 Å². The molecule has 0 spiro atoms. The Morgan fingerprint density at radius 1 is 1.10 bits per heavy atom. The summed E-state index contributed by atoms with van der Waals surface area (Å²) >= 11 is 5.50. The molecule has 2 saturated heterocycles. The Morgan fingerprint density at radius 2 is 1.80 bits per heavy atom. The average Bonchev–Trinajstić information content (AvgIpc) is 3.27. The second kappa shape index (κ2) is 9.55. The predicted molar refractivity (Wildman–Crippen MR) is 126 cm³/mol. The van der Waals surface area contributed by atoms with Gasteiger partial charge in [0, 0.05) is 51.2 Å². The number of nitrogens with one attached hydrogen (secondary N) is 2. The van der Waals surface area contributed by atoms with Crippen LogP contribution in [0.25, 0.3) is 0 Å². The molecule has 8 heteroatoms. The molecule has 2 fully saturated rings. The fraction of sp³-hybridized carbons (Fsp3) is 0.545. The highest BCUT2D eigenvalue weighted by Gasteiger charge is 2.25. The van der Waals surface area contributed by atoms with E-state index in [2.05, 4.69) is 45.3 Å². The van der Waals surface area contributed by atoms with Crippen LogP contribution in [0.3, 0.4) is 0 Å². The Bertz CT molecular complexity index is 844. The minimum absolute atomic E-state index is 0.517. The van der Waals surface area contributed by atoms with Crippen molar-refractivity contribution in [2.45, 2.75) is 39.7 Å². The molecule has 0 unspecified atom stereocenters. The van der Waals surface area contributed by atoms with Crippen LogP contribution in [0.2, 0.25) is 0 Å². The molecule has 2 aromatic heterocycles. The molecule has 0 aliphatic carbocycles. The lowest BCUT2D eigenvalue weighted by atomic mass is 9.92. The summed E-state index contributed by atoms with van der Waals surface area (Å²) in [5.41, 5.74) is 1.07. The summed E-state index contributed by atoms with van der Waals surface area (Å²) in [5.74, 6) is 3.86. The summed E-state index contributed by atoms with van der Waals surface area (Å²) in [6, 6.07) is 6.08. The van der Waals surface area contributed by atoms with Crippen molar-refractivity contribution in [2.24, 2.45) is 11.8 Å². The first kappa shape index (κ1) is 20.8. The van der Waals surface area contributed by atoms with Crippen LogP contribution >= 0.6 is 12.2 Å². The molecule has 2 N–H and O–H groups in total. The third kappa shape index (κ3) is 5.36. The zero-order valence-corrected chi connectivity index (χ0v) is 18.7. The number of piperidine rings is 1. The van der Waals surface area contributed by atoms with E-state index >= 15 is 0 Å². The number of rotatable bonds is 5. The predicted octanol–water partition coefficient (Wildman–Crippen LogP) is 3.44. The molecule has 0 aromatic carbocycles. The van der Waals surface area contributed by atoms with Gasteiger partial charge in [-0.15, -0.1) is 0 Å². The molecule has 7 nitrogen and oxygen atoms in total. The van der Waals surface area contributed by atoms with Crippen LogP contribution < -0.4 is 20.4 Å². The fourth-order valence-electron chi connectivity index (χ4n) is 4.43. The molecule has 2 atom stereocenters. The summed E-state index contributed by atoms with van der Waals surface area (Å²) in [6.07, 6.45) is 7.29. The second-order valence-corrected chi connectivity index (χ2v) is 9.03. The summed E-state index contributed by atoms with van der Waals surface area (Å²) in [4.78, 5) is 18.5. The molecule has 2 aromatic rings. The van der Waals surface area contributed by atoms with Crippen molar-refractivity contribution in [3.05, 3.63) is 36.2 Å². The molecule has 160 valence electrons. The molecular weight excluding hydrogens is 394 g/mol. The van der Waals surface area contributed by atoms with Crippen LogP contribution in [-0.4, -0.2) is 46.2 Å². The number of nitrogens with zero attached hydrogens (tertiary/aromatic N) is 5. The number of anilines is 3. The van der Waals surface area contributed by atoms with Gasteiger partial charge in [-0.3, -0.25) is 4.98 Å². The molecule has 2 aliphatic heterocycles. The molecule has 4 rings (SSSR count). The highest BCUT2D eigenvalue weighted by atomic mass is 32.1. The third-order valence-corrected chi connectivity index (χ3v) is 5.97. The van der Waals surface area contributed by atoms with Gasteiger partial charge in [-0.05, 0) is 54.9 Å². The molecule has 2 aliphatic rings. The zero-order valence-electron chi connectivity index (χ0n) is 17.8. The summed E-state index contributed by atoms with van der Waals surface area (Å²) < 4.78 is 0. The van der Waals surface area contributed by atoms with Gasteiger partial charge < -0.3 is 20.4 Å². The second-order valence-electron chi connectivity index (χ2n) is 8.62. The lowest BCUT2D eigenvalue weighted by Gasteiger charge is -2.36. The van der Waals surface area contributed by atoms with Crippen molar-refractivity contribution in [1.82, 2.24) is 20.3 Å². The van der Waals surface area contributed by atoms with Gasteiger partial charge in [0.15, 0.2) is 5.11 Å². The number of thiocarbonyl (C=S) groups is 1. The smallest absolute Gasteiger partial charge is 0.232 e. The lowest BCUT2D eigenvalue weighted by Crippen LogP contribution is -2.39. The SMILES string of the molecule is C[C@@H]1C[C@@H](C)CN(c2cc(N3CCCC3)nc(NC(=S)NCc3cccnc3)n2)C1. The standard InChI is InChI=1S/C22H31N7S/c1-16-10-17(2)15-29(14-16)20-11-19(28-8-3-4-9-28)25-21(26-20)27-22(30)24-13-18-6-5-7-23-12-18/h5-7,11-12,16-17H,3-4,8-10,13-15H2,1-2H3,(H2,24,25,26,27,30)/t16-,17-/m1/s1. The molecule has 0 bridgehead atoms. The van der Waals surface area contributed by atoms with Crippen molar-refractivity contribution in [3.8, 4) is 0 Å². The van der Waals surface area contributed by atoms with E-state index in [4.69, 9.17) is 22.2 Å². The van der Waals surface area contributed by atoms with Crippen molar-refractivity contribution in [1.29, 1.82) is 0 Å². The van der Waals surface area contributed by atoms with Gasteiger partial charge in [0.05, 0.1) is 0 Å². The van der Waals surface area contributed by atoms with Crippen LogP contribution in [0.15, 0.2) is 30.6 Å². The van der Waals surface area contributed by atoms with Crippen LogP contribution in [0, 0.1) is 11.8 Å². The van der Waals surface area contributed by atoms with E-state index in [-0.39, 0.29) is 0 Å². The van der Waals surface area contributed by atoms with Crippen LogP contribution in [-0.2, 0) is 6.54 Å². The minimum atomic E-state index is 0.517. The van der Waals surface area contributed by atoms with E-state index in [0.717, 1.165) is 43.4 Å². The first-order chi connectivity index (χ1) is 14.6. The Hall–Kier alpha value is -2.48. The normalized spacial score (nSPS) is 21.5. The maximum Gasteiger partial charge on any atom is 0.232 e. The maximum atomic E-state index is 5.50. The van der Waals surface area contributed by atoms with Crippen molar-refractivity contribution in [2.75, 3.05) is 41.3 Å². The van der Waals surface area contributed by atoms with Gasteiger partial charge in [0.1, 0.15) is 11.6 Å². The average molecular weight is 426 g/mol. The largest absolute Gasteiger partial charge is 0.358 e. The van der Waals surface area contributed by atoms with E-state index in [1.54, 1.807) is 6.20 Å². The third-order valence-electron chi connectivity index (χ3n) is 5.72. The quantitative estimate of drug-likeness (QED) is 0.706. The molecule has 4 heterocycles. The Kier molecular flexibility index (Phi) is 6.62. The van der Waals surface area contributed by atoms with Crippen LogP contribution in [0.5, 0.6) is 0 Å². The van der Waals surface area contributed by atoms with Gasteiger partial charge >= 0.3 is 0 Å². The van der Waals surface area contributed by atoms with Crippen LogP contribution in [0.4, 0.5) is 17.6 Å². The summed E-state index contributed by atoms with van der Waals surface area (Å²) in [5, 5.41) is 6.94. The van der Waals surface area contributed by atoms with E-state index in [9.17, 15) is 0 Å². The maximum absolute atomic E-state index is 5.50. The highest BCUT2D eigenvalue weighted by Crippen LogP contribution is 2.29. The first-order valence-corrected chi connectivity index (χ1v) is 11.3. The van der Waals surface area contributed by atoms with E-state index in [1.165, 1.54) is 19.3 Å². The summed E-state index contributed by atoms with van der Waals surface area (Å²) in [7, 11) is 0. The minimum Gasteiger partial charge on any atom is -0.358 e. The van der Waals surface area contributed by atoms with E-state index < -0.39 is 0 Å². The van der Waals surface area contributed by atoms with Gasteiger partial charge in [-0.25, -0.2) is 0 Å². The molecule has 30 heavy (non-hydrogen) atoms. The van der Waals surface area contributed by atoms with E-state index in [0.29, 0.717) is 29.4 Å². The van der Waals surface area contributed by atoms with Crippen molar-refractivity contribution in [3.63, 3.8) is 0 Å². The first-order valence-electron chi connectivity index (χ1n) is 10.9. The molecular formula is C22H31N7S. The number of aromatic nitrogens is 3. The fourth-order valence-corrected chi connectivity index (χ4v) is 4.59. The van der Waals surface area contributed by atoms with E-state index in [1.807, 2.05) is 18.3 Å². The van der Waals surface area contributed by atoms with Gasteiger partial charge in [-0.1, -0.05) is 19.9 Å². The number of hydrogen-bond donors (Lipinski definition) is 2. The zero-order chi connectivity index (χ0) is 20.9. The molecule has 0 radical (unpaired) electrons. The number of hydrogen-bond acceptors (Lipinski definition) is 6. The number of pyridine rings is 1. The Labute approximate surface area is 184 Å². The van der Waals surface area contributed by atoms with Crippen molar-refractivity contribution >= 4 is 34.9 Å². The molecule has 0 saturated carbocycles. The van der Waals surface area contributed by atoms with Crippen molar-refractivity contribution < 1.29 is 0 Å². The Morgan fingerprint density at radius 3 is 2.47 bits per heavy atom. The lowest BCUT2D eigenvalue weighted by molar-refractivity contribution is 0.355. The topological polar surface area (TPSA) is 69.2 Å².